The molecule has 2 aliphatic rings. The minimum atomic E-state index is -0.226. The van der Waals surface area contributed by atoms with Crippen LogP contribution in [0.4, 0.5) is 0 Å². The minimum Gasteiger partial charge on any atom is -0.345 e. The normalized spacial score (nSPS) is 17.9. The zero-order chi connectivity index (χ0) is 17.9. The van der Waals surface area contributed by atoms with E-state index in [1.807, 2.05) is 27.8 Å². The van der Waals surface area contributed by atoms with Crippen LogP contribution in [-0.4, -0.2) is 51.1 Å². The van der Waals surface area contributed by atoms with E-state index < -0.39 is 0 Å². The second kappa shape index (κ2) is 9.86. The van der Waals surface area contributed by atoms with Gasteiger partial charge in [0.05, 0.1) is 36.9 Å². The van der Waals surface area contributed by atoms with Gasteiger partial charge in [0.1, 0.15) is 0 Å². The van der Waals surface area contributed by atoms with E-state index in [0.29, 0.717) is 31.9 Å². The van der Waals surface area contributed by atoms with Crippen LogP contribution >= 0.6 is 24.8 Å². The van der Waals surface area contributed by atoms with Crippen LogP contribution in [-0.2, 0) is 24.4 Å². The summed E-state index contributed by atoms with van der Waals surface area (Å²) in [5, 5.41) is 10.5. The van der Waals surface area contributed by atoms with Crippen molar-refractivity contribution in [2.24, 2.45) is 5.92 Å². The molecule has 0 aliphatic carbocycles. The van der Waals surface area contributed by atoms with Crippen LogP contribution < -0.4 is 10.6 Å². The number of carbonyl (C=O) groups excluding carboxylic acids is 2. The molecule has 1 atom stereocenters. The number of rotatable bonds is 4. The SMILES string of the molecule is Cl.Cl.O=C(NCc1ccccn1)c1cc2n(n1)CCN(C(=O)C1CCNC1)C2. The molecular weight excluding hydrogens is 403 g/mol. The van der Waals surface area contributed by atoms with Gasteiger partial charge in [-0.3, -0.25) is 19.3 Å². The maximum atomic E-state index is 12.6. The van der Waals surface area contributed by atoms with Crippen molar-refractivity contribution < 1.29 is 9.59 Å². The van der Waals surface area contributed by atoms with E-state index in [-0.39, 0.29) is 42.5 Å². The number of fused-ring (bicyclic) bond motifs is 1. The molecule has 0 saturated carbocycles. The van der Waals surface area contributed by atoms with Crippen molar-refractivity contribution in [1.29, 1.82) is 0 Å². The van der Waals surface area contributed by atoms with E-state index in [1.165, 1.54) is 0 Å². The Kier molecular flexibility index (Phi) is 7.79. The fourth-order valence-electron chi connectivity index (χ4n) is 3.45. The Hall–Kier alpha value is -2.16. The number of nitrogens with zero attached hydrogens (tertiary/aromatic N) is 4. The molecule has 0 radical (unpaired) electrons. The molecule has 8 nitrogen and oxygen atoms in total. The van der Waals surface area contributed by atoms with Crippen molar-refractivity contribution >= 4 is 36.6 Å². The molecular formula is C18H24Cl2N6O2. The number of pyridine rings is 1. The Morgan fingerprint density at radius 1 is 1.25 bits per heavy atom. The second-order valence-electron chi connectivity index (χ2n) is 6.70. The van der Waals surface area contributed by atoms with E-state index in [9.17, 15) is 9.59 Å². The van der Waals surface area contributed by atoms with Crippen LogP contribution in [0.25, 0.3) is 0 Å². The predicted molar refractivity (Wildman–Crippen MR) is 109 cm³/mol. The molecule has 2 N–H and O–H groups in total. The first-order chi connectivity index (χ1) is 12.7. The molecule has 1 fully saturated rings. The van der Waals surface area contributed by atoms with Gasteiger partial charge in [0.2, 0.25) is 5.91 Å². The van der Waals surface area contributed by atoms with Gasteiger partial charge in [-0.2, -0.15) is 5.10 Å². The molecule has 1 unspecified atom stereocenters. The molecule has 4 heterocycles. The summed E-state index contributed by atoms with van der Waals surface area (Å²) in [5.74, 6) is 0.0460. The van der Waals surface area contributed by atoms with Crippen molar-refractivity contribution in [1.82, 2.24) is 30.3 Å². The van der Waals surface area contributed by atoms with Crippen LogP contribution in [0.1, 0.15) is 28.3 Å². The zero-order valence-electron chi connectivity index (χ0n) is 15.3. The molecule has 2 amide bonds. The third kappa shape index (κ3) is 4.81. The maximum Gasteiger partial charge on any atom is 0.272 e. The lowest BCUT2D eigenvalue weighted by atomic mass is 10.1. The fourth-order valence-corrected chi connectivity index (χ4v) is 3.45. The van der Waals surface area contributed by atoms with Gasteiger partial charge in [-0.1, -0.05) is 6.07 Å². The van der Waals surface area contributed by atoms with Crippen molar-refractivity contribution in [2.75, 3.05) is 19.6 Å². The Morgan fingerprint density at radius 3 is 2.82 bits per heavy atom. The number of halogens is 2. The number of carbonyl (C=O) groups is 2. The summed E-state index contributed by atoms with van der Waals surface area (Å²) in [4.78, 5) is 31.0. The molecule has 4 rings (SSSR count). The van der Waals surface area contributed by atoms with E-state index >= 15 is 0 Å². The van der Waals surface area contributed by atoms with Crippen LogP contribution in [0.2, 0.25) is 0 Å². The highest BCUT2D eigenvalue weighted by Crippen LogP contribution is 2.18. The van der Waals surface area contributed by atoms with Crippen LogP contribution in [0.5, 0.6) is 0 Å². The van der Waals surface area contributed by atoms with Crippen LogP contribution in [0.3, 0.4) is 0 Å². The van der Waals surface area contributed by atoms with Crippen molar-refractivity contribution in [3.05, 3.63) is 47.5 Å². The standard InChI is InChI=1S/C18H22N6O2.2ClH/c25-17(21-11-14-3-1-2-5-20-14)16-9-15-12-23(7-8-24(15)22-16)18(26)13-4-6-19-10-13;;/h1-3,5,9,13,19H,4,6-8,10-12H2,(H,21,25);2*1H. The quantitative estimate of drug-likeness (QED) is 0.760. The van der Waals surface area contributed by atoms with Gasteiger partial charge in [0, 0.05) is 19.3 Å². The van der Waals surface area contributed by atoms with E-state index in [2.05, 4.69) is 20.7 Å². The topological polar surface area (TPSA) is 92.2 Å². The summed E-state index contributed by atoms with van der Waals surface area (Å²) >= 11 is 0. The first kappa shape index (κ1) is 22.1. The van der Waals surface area contributed by atoms with Gasteiger partial charge in [0.25, 0.3) is 5.91 Å². The van der Waals surface area contributed by atoms with Gasteiger partial charge in [0.15, 0.2) is 5.69 Å². The Bertz CT molecular complexity index is 808. The lowest BCUT2D eigenvalue weighted by Gasteiger charge is -2.29. The smallest absolute Gasteiger partial charge is 0.272 e. The van der Waals surface area contributed by atoms with Crippen molar-refractivity contribution in [3.8, 4) is 0 Å². The second-order valence-corrected chi connectivity index (χ2v) is 6.70. The molecule has 2 aliphatic heterocycles. The first-order valence-corrected chi connectivity index (χ1v) is 8.95. The fraction of sp³-hybridized carbons (Fsp3) is 0.444. The zero-order valence-corrected chi connectivity index (χ0v) is 17.0. The summed E-state index contributed by atoms with van der Waals surface area (Å²) in [6.07, 6.45) is 2.60. The van der Waals surface area contributed by atoms with Gasteiger partial charge >= 0.3 is 0 Å². The molecule has 10 heteroatoms. The Balaban J connectivity index is 0.00000140. The summed E-state index contributed by atoms with van der Waals surface area (Å²) in [7, 11) is 0. The summed E-state index contributed by atoms with van der Waals surface area (Å²) in [6.45, 7) is 3.79. The Labute approximate surface area is 175 Å². The average Bonchev–Trinajstić information content (AvgIpc) is 3.35. The molecule has 2 aromatic heterocycles. The van der Waals surface area contributed by atoms with E-state index in [1.54, 1.807) is 12.3 Å². The third-order valence-electron chi connectivity index (χ3n) is 4.91. The van der Waals surface area contributed by atoms with Crippen molar-refractivity contribution in [3.63, 3.8) is 0 Å². The van der Waals surface area contributed by atoms with Gasteiger partial charge < -0.3 is 15.5 Å². The van der Waals surface area contributed by atoms with E-state index in [4.69, 9.17) is 0 Å². The van der Waals surface area contributed by atoms with Crippen LogP contribution in [0.15, 0.2) is 30.5 Å². The number of hydrogen-bond donors (Lipinski definition) is 2. The predicted octanol–water partition coefficient (Wildman–Crippen LogP) is 1.00. The molecule has 152 valence electrons. The lowest BCUT2D eigenvalue weighted by molar-refractivity contribution is -0.136. The highest BCUT2D eigenvalue weighted by atomic mass is 35.5. The molecule has 2 aromatic rings. The number of nitrogens with one attached hydrogen (secondary N) is 2. The largest absolute Gasteiger partial charge is 0.345 e. The molecule has 0 aromatic carbocycles. The molecule has 28 heavy (non-hydrogen) atoms. The third-order valence-corrected chi connectivity index (χ3v) is 4.91. The highest BCUT2D eigenvalue weighted by molar-refractivity contribution is 5.92. The molecule has 0 bridgehead atoms. The highest BCUT2D eigenvalue weighted by Gasteiger charge is 2.30. The maximum absolute atomic E-state index is 12.6. The number of amides is 2. The van der Waals surface area contributed by atoms with Gasteiger partial charge in [-0.15, -0.1) is 24.8 Å². The minimum absolute atomic E-state index is 0. The first-order valence-electron chi connectivity index (χ1n) is 8.95. The van der Waals surface area contributed by atoms with Gasteiger partial charge in [-0.05, 0) is 31.2 Å². The number of aromatic nitrogens is 3. The Morgan fingerprint density at radius 2 is 2.11 bits per heavy atom. The van der Waals surface area contributed by atoms with E-state index in [0.717, 1.165) is 30.9 Å². The average molecular weight is 427 g/mol. The summed E-state index contributed by atoms with van der Waals surface area (Å²) in [5.41, 5.74) is 2.08. The van der Waals surface area contributed by atoms with Crippen molar-refractivity contribution in [2.45, 2.75) is 26.1 Å². The monoisotopic (exact) mass is 426 g/mol. The van der Waals surface area contributed by atoms with Gasteiger partial charge in [-0.25, -0.2) is 0 Å². The summed E-state index contributed by atoms with van der Waals surface area (Å²) in [6, 6.07) is 7.36. The van der Waals surface area contributed by atoms with Crippen LogP contribution in [0, 0.1) is 5.92 Å². The number of hydrogen-bond acceptors (Lipinski definition) is 5. The molecule has 1 saturated heterocycles. The lowest BCUT2D eigenvalue weighted by Crippen LogP contribution is -2.42. The molecule has 0 spiro atoms. The summed E-state index contributed by atoms with van der Waals surface area (Å²) < 4.78 is 1.83.